The van der Waals surface area contributed by atoms with Gasteiger partial charge in [0.2, 0.25) is 0 Å². The van der Waals surface area contributed by atoms with Gasteiger partial charge in [-0.25, -0.2) is 0 Å². The Morgan fingerprint density at radius 3 is 2.53 bits per heavy atom. The highest BCUT2D eigenvalue weighted by Gasteiger charge is 2.27. The molecule has 2 heterocycles. The van der Waals surface area contributed by atoms with Crippen molar-refractivity contribution in [2.24, 2.45) is 0 Å². The predicted molar refractivity (Wildman–Crippen MR) is 83.8 cm³/mol. The number of piperidine rings is 1. The Morgan fingerprint density at radius 1 is 1.42 bits per heavy atom. The fourth-order valence-electron chi connectivity index (χ4n) is 2.39. The maximum Gasteiger partial charge on any atom is 0.252 e. The molecule has 5 heteroatoms. The molecule has 0 bridgehead atoms. The minimum absolute atomic E-state index is 0.0520. The first kappa shape index (κ1) is 15.0. The summed E-state index contributed by atoms with van der Waals surface area (Å²) < 4.78 is 1.00. The Kier molecular flexibility index (Phi) is 4.69. The molecular weight excluding hydrogens is 324 g/mol. The highest BCUT2D eigenvalue weighted by molar-refractivity contribution is 9.11. The summed E-state index contributed by atoms with van der Waals surface area (Å²) in [5, 5.41) is 5.03. The molecule has 0 saturated carbocycles. The van der Waals surface area contributed by atoms with Gasteiger partial charge in [-0.3, -0.25) is 9.69 Å². The van der Waals surface area contributed by atoms with Crippen LogP contribution < -0.4 is 5.32 Å². The molecule has 0 aliphatic carbocycles. The molecule has 1 aromatic rings. The molecule has 1 aliphatic heterocycles. The SMILES string of the molecule is CC(C)(C)N1CCC(NC(=O)c2csc(Br)c2)CC1. The lowest BCUT2D eigenvalue weighted by molar-refractivity contribution is 0.0813. The van der Waals surface area contributed by atoms with E-state index in [2.05, 4.69) is 46.9 Å². The number of halogens is 1. The third kappa shape index (κ3) is 4.04. The first-order valence-corrected chi connectivity index (χ1v) is 8.33. The quantitative estimate of drug-likeness (QED) is 0.890. The fourth-order valence-corrected chi connectivity index (χ4v) is 3.53. The maximum atomic E-state index is 12.1. The Morgan fingerprint density at radius 2 is 2.05 bits per heavy atom. The van der Waals surface area contributed by atoms with Gasteiger partial charge in [0.25, 0.3) is 5.91 Å². The average Bonchev–Trinajstić information content (AvgIpc) is 2.75. The van der Waals surface area contributed by atoms with Crippen LogP contribution in [0.5, 0.6) is 0 Å². The molecular formula is C14H21BrN2OS. The molecule has 1 N–H and O–H groups in total. The van der Waals surface area contributed by atoms with Gasteiger partial charge >= 0.3 is 0 Å². The van der Waals surface area contributed by atoms with Gasteiger partial charge in [0.1, 0.15) is 0 Å². The van der Waals surface area contributed by atoms with E-state index in [0.29, 0.717) is 6.04 Å². The first-order valence-electron chi connectivity index (χ1n) is 6.66. The zero-order valence-electron chi connectivity index (χ0n) is 11.7. The van der Waals surface area contributed by atoms with E-state index in [1.165, 1.54) is 0 Å². The van der Waals surface area contributed by atoms with Crippen molar-refractivity contribution in [3.8, 4) is 0 Å². The van der Waals surface area contributed by atoms with Gasteiger partial charge in [0.05, 0.1) is 9.35 Å². The molecule has 1 aromatic heterocycles. The van der Waals surface area contributed by atoms with Crippen molar-refractivity contribution in [3.63, 3.8) is 0 Å². The number of hydrogen-bond donors (Lipinski definition) is 1. The van der Waals surface area contributed by atoms with E-state index in [1.807, 2.05) is 11.4 Å². The second-order valence-corrected chi connectivity index (χ2v) is 8.34. The summed E-state index contributed by atoms with van der Waals surface area (Å²) in [6.07, 6.45) is 2.07. The fraction of sp³-hybridized carbons (Fsp3) is 0.643. The topological polar surface area (TPSA) is 32.3 Å². The van der Waals surface area contributed by atoms with Crippen LogP contribution in [0.15, 0.2) is 15.2 Å². The van der Waals surface area contributed by atoms with Crippen LogP contribution in [0.4, 0.5) is 0 Å². The van der Waals surface area contributed by atoms with Crippen LogP contribution >= 0.6 is 27.3 Å². The standard InChI is InChI=1S/C14H21BrN2OS/c1-14(2,3)17-6-4-11(5-7-17)16-13(18)10-8-12(15)19-9-10/h8-9,11H,4-7H2,1-3H3,(H,16,18). The summed E-state index contributed by atoms with van der Waals surface area (Å²) in [7, 11) is 0. The molecule has 0 atom stereocenters. The van der Waals surface area contributed by atoms with Crippen LogP contribution in [0, 0.1) is 0 Å². The van der Waals surface area contributed by atoms with Crippen molar-refractivity contribution in [3.05, 3.63) is 20.8 Å². The molecule has 0 unspecified atom stereocenters. The number of hydrogen-bond acceptors (Lipinski definition) is 3. The van der Waals surface area contributed by atoms with Gasteiger partial charge in [0.15, 0.2) is 0 Å². The number of thiophene rings is 1. The largest absolute Gasteiger partial charge is 0.349 e. The van der Waals surface area contributed by atoms with Crippen molar-refractivity contribution in [1.29, 1.82) is 0 Å². The number of likely N-dealkylation sites (tertiary alicyclic amines) is 1. The third-order valence-electron chi connectivity index (χ3n) is 3.61. The van der Waals surface area contributed by atoms with Gasteiger partial charge < -0.3 is 5.32 Å². The Bertz CT molecular complexity index is 445. The smallest absolute Gasteiger partial charge is 0.252 e. The van der Waals surface area contributed by atoms with E-state index in [-0.39, 0.29) is 11.4 Å². The molecule has 2 rings (SSSR count). The number of carbonyl (C=O) groups excluding carboxylic acids is 1. The molecule has 0 aromatic carbocycles. The maximum absolute atomic E-state index is 12.1. The molecule has 0 spiro atoms. The molecule has 3 nitrogen and oxygen atoms in total. The van der Waals surface area contributed by atoms with Crippen molar-refractivity contribution < 1.29 is 4.79 Å². The van der Waals surface area contributed by atoms with Crippen LogP contribution in [0.2, 0.25) is 0 Å². The van der Waals surface area contributed by atoms with Gasteiger partial charge in [-0.1, -0.05) is 0 Å². The minimum Gasteiger partial charge on any atom is -0.349 e. The van der Waals surface area contributed by atoms with Crippen LogP contribution in [0.25, 0.3) is 0 Å². The molecule has 1 amide bonds. The van der Waals surface area contributed by atoms with Crippen molar-refractivity contribution in [1.82, 2.24) is 10.2 Å². The van der Waals surface area contributed by atoms with Crippen LogP contribution in [0.1, 0.15) is 44.0 Å². The Hall–Kier alpha value is -0.390. The lowest BCUT2D eigenvalue weighted by atomic mass is 9.98. The lowest BCUT2D eigenvalue weighted by Gasteiger charge is -2.41. The lowest BCUT2D eigenvalue weighted by Crippen LogP contribution is -2.50. The number of carbonyl (C=O) groups is 1. The monoisotopic (exact) mass is 344 g/mol. The highest BCUT2D eigenvalue weighted by atomic mass is 79.9. The Balaban J connectivity index is 1.84. The minimum atomic E-state index is 0.0520. The summed E-state index contributed by atoms with van der Waals surface area (Å²) in [6.45, 7) is 8.85. The molecule has 19 heavy (non-hydrogen) atoms. The average molecular weight is 345 g/mol. The summed E-state index contributed by atoms with van der Waals surface area (Å²) in [5.41, 5.74) is 0.989. The zero-order chi connectivity index (χ0) is 14.0. The Labute approximate surface area is 127 Å². The number of nitrogens with one attached hydrogen (secondary N) is 1. The number of nitrogens with zero attached hydrogens (tertiary/aromatic N) is 1. The molecule has 1 fully saturated rings. The van der Waals surface area contributed by atoms with E-state index in [9.17, 15) is 4.79 Å². The summed E-state index contributed by atoms with van der Waals surface area (Å²) in [5.74, 6) is 0.0520. The molecule has 0 radical (unpaired) electrons. The van der Waals surface area contributed by atoms with Crippen LogP contribution in [-0.4, -0.2) is 35.5 Å². The number of amides is 1. The van der Waals surface area contributed by atoms with E-state index in [4.69, 9.17) is 0 Å². The van der Waals surface area contributed by atoms with Crippen LogP contribution in [0.3, 0.4) is 0 Å². The summed E-state index contributed by atoms with van der Waals surface area (Å²) in [6, 6.07) is 2.19. The second kappa shape index (κ2) is 5.94. The van der Waals surface area contributed by atoms with Gasteiger partial charge in [-0.15, -0.1) is 11.3 Å². The van der Waals surface area contributed by atoms with Gasteiger partial charge in [0, 0.05) is 30.1 Å². The predicted octanol–water partition coefficient (Wildman–Crippen LogP) is 3.50. The zero-order valence-corrected chi connectivity index (χ0v) is 14.1. The van der Waals surface area contributed by atoms with Crippen molar-refractivity contribution >= 4 is 33.2 Å². The molecule has 1 aliphatic rings. The highest BCUT2D eigenvalue weighted by Crippen LogP contribution is 2.22. The second-order valence-electron chi connectivity index (χ2n) is 6.05. The van der Waals surface area contributed by atoms with Gasteiger partial charge in [-0.05, 0) is 55.6 Å². The summed E-state index contributed by atoms with van der Waals surface area (Å²) in [4.78, 5) is 14.5. The first-order chi connectivity index (χ1) is 8.86. The van der Waals surface area contributed by atoms with Gasteiger partial charge in [-0.2, -0.15) is 0 Å². The van der Waals surface area contributed by atoms with E-state index >= 15 is 0 Å². The summed E-state index contributed by atoms with van der Waals surface area (Å²) >= 11 is 4.93. The number of rotatable bonds is 2. The van der Waals surface area contributed by atoms with Crippen molar-refractivity contribution in [2.45, 2.75) is 45.2 Å². The molecule has 106 valence electrons. The third-order valence-corrected chi connectivity index (χ3v) is 5.11. The normalized spacial score (nSPS) is 18.5. The van der Waals surface area contributed by atoms with E-state index < -0.39 is 0 Å². The van der Waals surface area contributed by atoms with Crippen molar-refractivity contribution in [2.75, 3.05) is 13.1 Å². The van der Waals surface area contributed by atoms with E-state index in [0.717, 1.165) is 35.3 Å². The molecule has 1 saturated heterocycles. The van der Waals surface area contributed by atoms with E-state index in [1.54, 1.807) is 11.3 Å². The van der Waals surface area contributed by atoms with Crippen LogP contribution in [-0.2, 0) is 0 Å².